The van der Waals surface area contributed by atoms with Crippen molar-refractivity contribution in [2.45, 2.75) is 44.0 Å². The van der Waals surface area contributed by atoms with Gasteiger partial charge in [0.2, 0.25) is 10.0 Å². The first-order chi connectivity index (χ1) is 8.96. The number of rotatable bonds is 3. The third-order valence-corrected chi connectivity index (χ3v) is 5.87. The second kappa shape index (κ2) is 5.61. The van der Waals surface area contributed by atoms with Crippen molar-refractivity contribution in [3.05, 3.63) is 29.3 Å². The number of piperidine rings is 1. The highest BCUT2D eigenvalue weighted by molar-refractivity contribution is 7.89. The number of hydrogen-bond donors (Lipinski definition) is 1. The fourth-order valence-corrected chi connectivity index (χ4v) is 4.65. The van der Waals surface area contributed by atoms with Gasteiger partial charge in [0.25, 0.3) is 0 Å². The summed E-state index contributed by atoms with van der Waals surface area (Å²) in [7, 11) is -3.42. The van der Waals surface area contributed by atoms with Crippen molar-refractivity contribution in [2.75, 3.05) is 13.1 Å². The van der Waals surface area contributed by atoms with Crippen molar-refractivity contribution < 1.29 is 8.42 Å². The molecule has 4 nitrogen and oxygen atoms in total. The molecule has 0 spiro atoms. The highest BCUT2D eigenvalue weighted by Crippen LogP contribution is 2.27. The number of hydrogen-bond acceptors (Lipinski definition) is 3. The Balaban J connectivity index is 2.43. The predicted molar refractivity (Wildman–Crippen MR) is 76.5 cm³/mol. The summed E-state index contributed by atoms with van der Waals surface area (Å²) in [4.78, 5) is 0.424. The van der Waals surface area contributed by atoms with E-state index in [-0.39, 0.29) is 6.04 Å². The quantitative estimate of drug-likeness (QED) is 0.919. The number of nitrogens with zero attached hydrogens (tertiary/aromatic N) is 1. The molecule has 0 amide bonds. The van der Waals surface area contributed by atoms with Crippen LogP contribution < -0.4 is 5.73 Å². The first kappa shape index (κ1) is 14.5. The van der Waals surface area contributed by atoms with Gasteiger partial charge in [-0.3, -0.25) is 0 Å². The van der Waals surface area contributed by atoms with Gasteiger partial charge in [-0.05, 0) is 43.9 Å². The van der Waals surface area contributed by atoms with Gasteiger partial charge in [0.1, 0.15) is 0 Å². The normalized spacial score (nSPS) is 21.5. The second-order valence-corrected chi connectivity index (χ2v) is 7.13. The van der Waals surface area contributed by atoms with Crippen LogP contribution in [0.3, 0.4) is 0 Å². The molecular formula is C14H22N2O2S. The summed E-state index contributed by atoms with van der Waals surface area (Å²) in [5.74, 6) is 0. The zero-order valence-electron chi connectivity index (χ0n) is 11.6. The summed E-state index contributed by atoms with van der Waals surface area (Å²) in [6, 6.07) is 5.50. The van der Waals surface area contributed by atoms with Crippen LogP contribution in [0, 0.1) is 13.8 Å². The van der Waals surface area contributed by atoms with E-state index in [0.717, 1.165) is 30.4 Å². The monoisotopic (exact) mass is 282 g/mol. The summed E-state index contributed by atoms with van der Waals surface area (Å²) in [6.45, 7) is 4.73. The standard InChI is InChI=1S/C14H22N2O2S/c1-11-6-7-12(2)14(9-11)19(17,18)16-8-4-3-5-13(16)10-15/h6-7,9,13H,3-5,8,10,15H2,1-2H3. The van der Waals surface area contributed by atoms with Crippen molar-refractivity contribution >= 4 is 10.0 Å². The van der Waals surface area contributed by atoms with Crippen molar-refractivity contribution in [3.63, 3.8) is 0 Å². The van der Waals surface area contributed by atoms with Crippen LogP contribution in [-0.2, 0) is 10.0 Å². The maximum atomic E-state index is 12.8. The summed E-state index contributed by atoms with van der Waals surface area (Å²) in [6.07, 6.45) is 2.84. The highest BCUT2D eigenvalue weighted by Gasteiger charge is 2.33. The maximum absolute atomic E-state index is 12.8. The summed E-state index contributed by atoms with van der Waals surface area (Å²) in [5.41, 5.74) is 7.49. The molecule has 1 aromatic rings. The molecule has 0 saturated carbocycles. The van der Waals surface area contributed by atoms with Gasteiger partial charge in [0.15, 0.2) is 0 Å². The highest BCUT2D eigenvalue weighted by atomic mass is 32.2. The van der Waals surface area contributed by atoms with Gasteiger partial charge in [-0.1, -0.05) is 18.6 Å². The zero-order valence-corrected chi connectivity index (χ0v) is 12.4. The van der Waals surface area contributed by atoms with Crippen LogP contribution in [0.1, 0.15) is 30.4 Å². The fourth-order valence-electron chi connectivity index (χ4n) is 2.64. The lowest BCUT2D eigenvalue weighted by atomic mass is 10.1. The van der Waals surface area contributed by atoms with Crippen LogP contribution in [0.5, 0.6) is 0 Å². The number of aryl methyl sites for hydroxylation is 2. The minimum atomic E-state index is -3.42. The van der Waals surface area contributed by atoms with E-state index in [1.54, 1.807) is 10.4 Å². The first-order valence-corrected chi connectivity index (χ1v) is 8.20. The van der Waals surface area contributed by atoms with Crippen molar-refractivity contribution in [1.82, 2.24) is 4.31 Å². The molecule has 106 valence electrons. The lowest BCUT2D eigenvalue weighted by molar-refractivity contribution is 0.257. The largest absolute Gasteiger partial charge is 0.329 e. The van der Waals surface area contributed by atoms with Crippen LogP contribution in [-0.4, -0.2) is 31.9 Å². The van der Waals surface area contributed by atoms with Gasteiger partial charge in [-0.15, -0.1) is 0 Å². The minimum absolute atomic E-state index is 0.0568. The number of nitrogens with two attached hydrogens (primary N) is 1. The van der Waals surface area contributed by atoms with Gasteiger partial charge >= 0.3 is 0 Å². The van der Waals surface area contributed by atoms with Crippen LogP contribution in [0.2, 0.25) is 0 Å². The predicted octanol–water partition coefficient (Wildman–Crippen LogP) is 1.81. The Morgan fingerprint density at radius 2 is 2.05 bits per heavy atom. The molecule has 1 atom stereocenters. The van der Waals surface area contributed by atoms with E-state index in [1.165, 1.54) is 0 Å². The van der Waals surface area contributed by atoms with E-state index >= 15 is 0 Å². The lowest BCUT2D eigenvalue weighted by Gasteiger charge is -2.34. The molecule has 1 aromatic carbocycles. The molecule has 0 bridgehead atoms. The Kier molecular flexibility index (Phi) is 4.28. The lowest BCUT2D eigenvalue weighted by Crippen LogP contribution is -2.47. The molecule has 2 N–H and O–H groups in total. The van der Waals surface area contributed by atoms with Crippen LogP contribution in [0.25, 0.3) is 0 Å². The minimum Gasteiger partial charge on any atom is -0.329 e. The van der Waals surface area contributed by atoms with Gasteiger partial charge in [-0.25, -0.2) is 8.42 Å². The second-order valence-electron chi connectivity index (χ2n) is 5.27. The van der Waals surface area contributed by atoms with E-state index < -0.39 is 10.0 Å². The molecule has 19 heavy (non-hydrogen) atoms. The molecule has 5 heteroatoms. The van der Waals surface area contributed by atoms with E-state index in [9.17, 15) is 8.42 Å². The van der Waals surface area contributed by atoms with E-state index in [1.807, 2.05) is 26.0 Å². The average molecular weight is 282 g/mol. The summed E-state index contributed by atoms with van der Waals surface area (Å²) >= 11 is 0. The zero-order chi connectivity index (χ0) is 14.0. The summed E-state index contributed by atoms with van der Waals surface area (Å²) < 4.78 is 27.2. The van der Waals surface area contributed by atoms with E-state index in [4.69, 9.17) is 5.73 Å². The van der Waals surface area contributed by atoms with Gasteiger partial charge < -0.3 is 5.73 Å². The van der Waals surface area contributed by atoms with Crippen molar-refractivity contribution in [2.24, 2.45) is 5.73 Å². The van der Waals surface area contributed by atoms with Crippen molar-refractivity contribution in [1.29, 1.82) is 0 Å². The van der Waals surface area contributed by atoms with Gasteiger partial charge in [-0.2, -0.15) is 4.31 Å². The number of benzene rings is 1. The SMILES string of the molecule is Cc1ccc(C)c(S(=O)(=O)N2CCCCC2CN)c1. The summed E-state index contributed by atoms with van der Waals surface area (Å²) in [5, 5.41) is 0. The van der Waals surface area contributed by atoms with Gasteiger partial charge in [0.05, 0.1) is 4.90 Å². The Hall–Kier alpha value is -0.910. The van der Waals surface area contributed by atoms with Crippen LogP contribution in [0.4, 0.5) is 0 Å². The molecule has 0 aromatic heterocycles. The molecule has 0 radical (unpaired) electrons. The Labute approximate surface area is 115 Å². The number of sulfonamides is 1. The molecule has 1 fully saturated rings. The molecule has 1 heterocycles. The third kappa shape index (κ3) is 2.83. The molecule has 1 aliphatic heterocycles. The first-order valence-electron chi connectivity index (χ1n) is 6.76. The molecule has 2 rings (SSSR count). The van der Waals surface area contributed by atoms with E-state index in [0.29, 0.717) is 18.0 Å². The smallest absolute Gasteiger partial charge is 0.243 e. The Morgan fingerprint density at radius 3 is 2.74 bits per heavy atom. The maximum Gasteiger partial charge on any atom is 0.243 e. The van der Waals surface area contributed by atoms with E-state index in [2.05, 4.69) is 0 Å². The third-order valence-electron chi connectivity index (χ3n) is 3.78. The van der Waals surface area contributed by atoms with Gasteiger partial charge in [0, 0.05) is 19.1 Å². The fraction of sp³-hybridized carbons (Fsp3) is 0.571. The molecular weight excluding hydrogens is 260 g/mol. The van der Waals surface area contributed by atoms with Crippen LogP contribution in [0.15, 0.2) is 23.1 Å². The Bertz CT molecular complexity index is 555. The molecule has 1 saturated heterocycles. The van der Waals surface area contributed by atoms with Crippen LogP contribution >= 0.6 is 0 Å². The van der Waals surface area contributed by atoms with Crippen molar-refractivity contribution in [3.8, 4) is 0 Å². The molecule has 1 aliphatic rings. The topological polar surface area (TPSA) is 63.4 Å². The molecule has 0 aliphatic carbocycles. The molecule has 1 unspecified atom stereocenters. The Morgan fingerprint density at radius 1 is 1.32 bits per heavy atom. The average Bonchev–Trinajstić information content (AvgIpc) is 2.41.